The van der Waals surface area contributed by atoms with Crippen LogP contribution < -0.4 is 5.32 Å². The Hall–Kier alpha value is -0.240. The third-order valence-electron chi connectivity index (χ3n) is 3.87. The Kier molecular flexibility index (Phi) is 4.02. The molecule has 1 nitrogen and oxygen atoms in total. The van der Waals surface area contributed by atoms with Gasteiger partial charge in [-0.05, 0) is 61.9 Å². The van der Waals surface area contributed by atoms with E-state index in [1.54, 1.807) is 0 Å². The molecular weight excluding hydrogens is 253 g/mol. The van der Waals surface area contributed by atoms with Crippen LogP contribution >= 0.6 is 23.2 Å². The van der Waals surface area contributed by atoms with Crippen molar-refractivity contribution in [2.75, 3.05) is 6.54 Å². The molecule has 0 amide bonds. The summed E-state index contributed by atoms with van der Waals surface area (Å²) in [7, 11) is 0. The summed E-state index contributed by atoms with van der Waals surface area (Å²) >= 11 is 12.3. The second-order valence-electron chi connectivity index (χ2n) is 5.05. The van der Waals surface area contributed by atoms with Crippen LogP contribution in [0.2, 0.25) is 10.0 Å². The molecule has 0 bridgehead atoms. The maximum atomic E-state index is 6.23. The van der Waals surface area contributed by atoms with Gasteiger partial charge in [-0.15, -0.1) is 0 Å². The molecule has 0 saturated heterocycles. The largest absolute Gasteiger partial charge is 0.314 e. The summed E-state index contributed by atoms with van der Waals surface area (Å²) in [5.41, 5.74) is 1.58. The molecule has 1 unspecified atom stereocenters. The third kappa shape index (κ3) is 2.96. The van der Waals surface area contributed by atoms with Gasteiger partial charge in [0.05, 0.1) is 0 Å². The van der Waals surface area contributed by atoms with E-state index in [1.807, 2.05) is 18.2 Å². The van der Waals surface area contributed by atoms with Crippen LogP contribution in [0.4, 0.5) is 0 Å². The first kappa shape index (κ1) is 13.2. The van der Waals surface area contributed by atoms with Crippen LogP contribution in [-0.4, -0.2) is 12.6 Å². The number of nitrogens with one attached hydrogen (secondary N) is 1. The first-order valence-electron chi connectivity index (χ1n) is 6.25. The Morgan fingerprint density at radius 1 is 1.35 bits per heavy atom. The fourth-order valence-electron chi connectivity index (χ4n) is 2.50. The predicted octanol–water partition coefficient (Wildman–Crippen LogP) is 4.31. The van der Waals surface area contributed by atoms with E-state index in [0.29, 0.717) is 11.5 Å². The summed E-state index contributed by atoms with van der Waals surface area (Å²) in [5.74, 6) is 0. The molecule has 0 aliphatic heterocycles. The van der Waals surface area contributed by atoms with Crippen molar-refractivity contribution in [2.24, 2.45) is 5.41 Å². The fourth-order valence-corrected chi connectivity index (χ4v) is 2.88. The van der Waals surface area contributed by atoms with E-state index < -0.39 is 0 Å². The molecule has 1 saturated carbocycles. The van der Waals surface area contributed by atoms with E-state index in [0.717, 1.165) is 23.0 Å². The Bertz CT molecular complexity index is 399. The smallest absolute Gasteiger partial charge is 0.0439 e. The highest BCUT2D eigenvalue weighted by Gasteiger charge is 2.47. The Morgan fingerprint density at radius 3 is 2.65 bits per heavy atom. The van der Waals surface area contributed by atoms with E-state index in [4.69, 9.17) is 23.2 Å². The van der Waals surface area contributed by atoms with Gasteiger partial charge in [0.15, 0.2) is 0 Å². The van der Waals surface area contributed by atoms with Gasteiger partial charge in [-0.25, -0.2) is 0 Å². The van der Waals surface area contributed by atoms with Gasteiger partial charge in [-0.1, -0.05) is 30.1 Å². The molecule has 94 valence electrons. The third-order valence-corrected chi connectivity index (χ3v) is 4.48. The summed E-state index contributed by atoms with van der Waals surface area (Å²) in [6.07, 6.45) is 3.59. The second kappa shape index (κ2) is 5.17. The summed E-state index contributed by atoms with van der Waals surface area (Å²) in [6, 6.07) is 6.29. The number of hydrogen-bond acceptors (Lipinski definition) is 1. The monoisotopic (exact) mass is 271 g/mol. The summed E-state index contributed by atoms with van der Waals surface area (Å²) in [4.78, 5) is 0. The van der Waals surface area contributed by atoms with E-state index >= 15 is 0 Å². The van der Waals surface area contributed by atoms with Crippen molar-refractivity contribution in [3.63, 3.8) is 0 Å². The van der Waals surface area contributed by atoms with Gasteiger partial charge in [-0.3, -0.25) is 0 Å². The number of hydrogen-bond donors (Lipinski definition) is 1. The van der Waals surface area contributed by atoms with Crippen molar-refractivity contribution in [1.82, 2.24) is 5.32 Å². The van der Waals surface area contributed by atoms with Gasteiger partial charge in [0.2, 0.25) is 0 Å². The van der Waals surface area contributed by atoms with Gasteiger partial charge in [0, 0.05) is 16.1 Å². The molecule has 17 heavy (non-hydrogen) atoms. The quantitative estimate of drug-likeness (QED) is 0.842. The van der Waals surface area contributed by atoms with Crippen LogP contribution in [-0.2, 0) is 6.42 Å². The van der Waals surface area contributed by atoms with Crippen molar-refractivity contribution in [3.8, 4) is 0 Å². The molecule has 1 atom stereocenters. The Morgan fingerprint density at radius 2 is 2.06 bits per heavy atom. The molecule has 1 aliphatic rings. The normalized spacial score (nSPS) is 19.1. The van der Waals surface area contributed by atoms with Crippen molar-refractivity contribution < 1.29 is 0 Å². The topological polar surface area (TPSA) is 12.0 Å². The Labute approximate surface area is 114 Å². The van der Waals surface area contributed by atoms with Crippen LogP contribution in [0.1, 0.15) is 32.3 Å². The van der Waals surface area contributed by atoms with Gasteiger partial charge in [0.25, 0.3) is 0 Å². The molecule has 1 fully saturated rings. The maximum absolute atomic E-state index is 6.23. The predicted molar refractivity (Wildman–Crippen MR) is 75.0 cm³/mol. The van der Waals surface area contributed by atoms with Crippen LogP contribution in [0.3, 0.4) is 0 Å². The number of benzene rings is 1. The highest BCUT2D eigenvalue weighted by molar-refractivity contribution is 6.33. The average Bonchev–Trinajstić information content (AvgIpc) is 3.05. The SMILES string of the molecule is CCNC(C)C1(Cc2cc(Cl)ccc2Cl)CC1. The molecule has 1 N–H and O–H groups in total. The van der Waals surface area contributed by atoms with Crippen molar-refractivity contribution in [3.05, 3.63) is 33.8 Å². The van der Waals surface area contributed by atoms with Gasteiger partial charge < -0.3 is 5.32 Å². The van der Waals surface area contributed by atoms with E-state index in [-0.39, 0.29) is 0 Å². The minimum Gasteiger partial charge on any atom is -0.314 e. The Balaban J connectivity index is 2.12. The lowest BCUT2D eigenvalue weighted by atomic mass is 9.90. The lowest BCUT2D eigenvalue weighted by molar-refractivity contribution is 0.356. The van der Waals surface area contributed by atoms with Crippen molar-refractivity contribution in [1.29, 1.82) is 0 Å². The lowest BCUT2D eigenvalue weighted by Gasteiger charge is -2.24. The van der Waals surface area contributed by atoms with Gasteiger partial charge in [0.1, 0.15) is 0 Å². The van der Waals surface area contributed by atoms with E-state index in [1.165, 1.54) is 18.4 Å². The maximum Gasteiger partial charge on any atom is 0.0439 e. The van der Waals surface area contributed by atoms with Crippen molar-refractivity contribution >= 4 is 23.2 Å². The molecule has 0 heterocycles. The zero-order chi connectivity index (χ0) is 12.5. The molecular formula is C14H19Cl2N. The molecule has 0 radical (unpaired) electrons. The van der Waals surface area contributed by atoms with Crippen LogP contribution in [0.15, 0.2) is 18.2 Å². The number of rotatable bonds is 5. The first-order chi connectivity index (χ1) is 8.07. The summed E-state index contributed by atoms with van der Waals surface area (Å²) in [6.45, 7) is 5.44. The molecule has 3 heteroatoms. The minimum atomic E-state index is 0.393. The molecule has 1 aromatic carbocycles. The first-order valence-corrected chi connectivity index (χ1v) is 7.00. The number of halogens is 2. The van der Waals surface area contributed by atoms with E-state index in [2.05, 4.69) is 19.2 Å². The molecule has 0 aromatic heterocycles. The standard InChI is InChI=1S/C14H19Cl2N/c1-3-17-10(2)14(6-7-14)9-11-8-12(15)4-5-13(11)16/h4-5,8,10,17H,3,6-7,9H2,1-2H3. The average molecular weight is 272 g/mol. The molecule has 1 aromatic rings. The van der Waals surface area contributed by atoms with Gasteiger partial charge >= 0.3 is 0 Å². The molecule has 2 rings (SSSR count). The molecule has 1 aliphatic carbocycles. The van der Waals surface area contributed by atoms with Crippen LogP contribution in [0.25, 0.3) is 0 Å². The lowest BCUT2D eigenvalue weighted by Crippen LogP contribution is -2.36. The highest BCUT2D eigenvalue weighted by atomic mass is 35.5. The minimum absolute atomic E-state index is 0.393. The highest BCUT2D eigenvalue weighted by Crippen LogP contribution is 2.52. The zero-order valence-electron chi connectivity index (χ0n) is 10.4. The van der Waals surface area contributed by atoms with Crippen LogP contribution in [0, 0.1) is 5.41 Å². The van der Waals surface area contributed by atoms with Crippen LogP contribution in [0.5, 0.6) is 0 Å². The molecule has 0 spiro atoms. The van der Waals surface area contributed by atoms with Crippen molar-refractivity contribution in [2.45, 2.75) is 39.2 Å². The fraction of sp³-hybridized carbons (Fsp3) is 0.571. The zero-order valence-corrected chi connectivity index (χ0v) is 11.9. The van der Waals surface area contributed by atoms with E-state index in [9.17, 15) is 0 Å². The summed E-state index contributed by atoms with van der Waals surface area (Å²) in [5, 5.41) is 5.14. The second-order valence-corrected chi connectivity index (χ2v) is 5.90. The van der Waals surface area contributed by atoms with Gasteiger partial charge in [-0.2, -0.15) is 0 Å². The summed E-state index contributed by atoms with van der Waals surface area (Å²) < 4.78 is 0.